The maximum Gasteiger partial charge on any atom is 0.282 e. The molecule has 1 fully saturated rings. The number of carbonyl (C=O) groups is 2. The summed E-state index contributed by atoms with van der Waals surface area (Å²) in [5.41, 5.74) is 4.99. The highest BCUT2D eigenvalue weighted by Gasteiger charge is 2.34. The molecular weight excluding hydrogens is 326 g/mol. The van der Waals surface area contributed by atoms with E-state index in [0.29, 0.717) is 10.7 Å². The average molecular weight is 342 g/mol. The molecule has 1 saturated heterocycles. The minimum absolute atomic E-state index is 0.0904. The molecule has 1 N–H and O–H groups in total. The lowest BCUT2D eigenvalue weighted by Crippen LogP contribution is -2.35. The van der Waals surface area contributed by atoms with Crippen LogP contribution in [0, 0.1) is 0 Å². The van der Waals surface area contributed by atoms with E-state index in [9.17, 15) is 9.59 Å². The van der Waals surface area contributed by atoms with Crippen molar-refractivity contribution in [3.05, 3.63) is 64.7 Å². The van der Waals surface area contributed by atoms with Gasteiger partial charge in [0.25, 0.3) is 11.8 Å². The van der Waals surface area contributed by atoms with Crippen LogP contribution in [0.15, 0.2) is 54.1 Å². The third-order valence-corrected chi connectivity index (χ3v) is 3.91. The largest absolute Gasteiger partial charge is 0.378 e. The molecule has 5 nitrogen and oxygen atoms in total. The summed E-state index contributed by atoms with van der Waals surface area (Å²) in [6.07, 6.45) is 1.58. The molecule has 1 heterocycles. The Hall–Kier alpha value is -2.79. The molecule has 0 unspecified atom stereocenters. The summed E-state index contributed by atoms with van der Waals surface area (Å²) in [5.74, 6) is -0.837. The average Bonchev–Trinajstić information content (AvgIpc) is 2.83. The van der Waals surface area contributed by atoms with Gasteiger partial charge in [-0.2, -0.15) is 0 Å². The van der Waals surface area contributed by atoms with E-state index in [0.717, 1.165) is 11.3 Å². The Morgan fingerprint density at radius 3 is 2.42 bits per heavy atom. The van der Waals surface area contributed by atoms with Crippen LogP contribution in [0.4, 0.5) is 11.4 Å². The molecule has 0 aromatic heterocycles. The van der Waals surface area contributed by atoms with Gasteiger partial charge in [0.1, 0.15) is 5.57 Å². The molecule has 0 aliphatic carbocycles. The number of hydrazine groups is 1. The van der Waals surface area contributed by atoms with Crippen LogP contribution in [0.3, 0.4) is 0 Å². The van der Waals surface area contributed by atoms with Gasteiger partial charge in [-0.1, -0.05) is 29.8 Å². The first-order chi connectivity index (χ1) is 11.5. The predicted molar refractivity (Wildman–Crippen MR) is 95.8 cm³/mol. The molecule has 24 heavy (non-hydrogen) atoms. The molecule has 0 radical (unpaired) electrons. The molecule has 2 aromatic rings. The summed E-state index contributed by atoms with van der Waals surface area (Å²) in [6, 6.07) is 14.3. The summed E-state index contributed by atoms with van der Waals surface area (Å²) in [5, 5.41) is 1.69. The molecule has 2 aromatic carbocycles. The van der Waals surface area contributed by atoms with Gasteiger partial charge in [-0.05, 0) is 42.0 Å². The standard InChI is InChI=1S/C18H16ClN3O2/c1-21(2)14-8-6-12(7-9-14)10-16-17(23)20-22(18(16)24)15-5-3-4-13(19)11-15/h3-11H,1-2H3,(H,20,23)/b16-10+. The van der Waals surface area contributed by atoms with Gasteiger partial charge in [-0.25, -0.2) is 5.01 Å². The van der Waals surface area contributed by atoms with Gasteiger partial charge in [0.15, 0.2) is 0 Å². The van der Waals surface area contributed by atoms with E-state index in [1.807, 2.05) is 43.3 Å². The SMILES string of the molecule is CN(C)c1ccc(/C=C2\C(=O)NN(c3cccc(Cl)c3)C2=O)cc1. The highest BCUT2D eigenvalue weighted by Crippen LogP contribution is 2.24. The Bertz CT molecular complexity index is 828. The van der Waals surface area contributed by atoms with Gasteiger partial charge in [-0.15, -0.1) is 0 Å². The number of hydrogen-bond acceptors (Lipinski definition) is 3. The Morgan fingerprint density at radius 2 is 1.79 bits per heavy atom. The minimum atomic E-state index is -0.434. The smallest absolute Gasteiger partial charge is 0.282 e. The number of nitrogens with zero attached hydrogens (tertiary/aromatic N) is 2. The first-order valence-corrected chi connectivity index (χ1v) is 7.73. The number of hydrogen-bond donors (Lipinski definition) is 1. The van der Waals surface area contributed by atoms with Crippen LogP contribution >= 0.6 is 11.6 Å². The van der Waals surface area contributed by atoms with E-state index < -0.39 is 11.8 Å². The molecule has 0 saturated carbocycles. The zero-order valence-corrected chi connectivity index (χ0v) is 14.0. The van der Waals surface area contributed by atoms with E-state index in [4.69, 9.17) is 11.6 Å². The maximum absolute atomic E-state index is 12.5. The van der Waals surface area contributed by atoms with Crippen LogP contribution < -0.4 is 15.3 Å². The van der Waals surface area contributed by atoms with Crippen LogP contribution in [0.25, 0.3) is 6.08 Å². The van der Waals surface area contributed by atoms with Crippen molar-refractivity contribution >= 4 is 40.9 Å². The van der Waals surface area contributed by atoms with Crippen LogP contribution in [0.1, 0.15) is 5.56 Å². The van der Waals surface area contributed by atoms with Crippen molar-refractivity contribution in [1.29, 1.82) is 0 Å². The minimum Gasteiger partial charge on any atom is -0.378 e. The van der Waals surface area contributed by atoms with E-state index >= 15 is 0 Å². The molecule has 122 valence electrons. The summed E-state index contributed by atoms with van der Waals surface area (Å²) < 4.78 is 0. The normalized spacial score (nSPS) is 15.8. The van der Waals surface area contributed by atoms with Crippen molar-refractivity contribution in [3.8, 4) is 0 Å². The number of benzene rings is 2. The van der Waals surface area contributed by atoms with Crippen molar-refractivity contribution in [2.75, 3.05) is 24.0 Å². The first kappa shape index (κ1) is 16.1. The summed E-state index contributed by atoms with van der Waals surface area (Å²) in [6.45, 7) is 0. The van der Waals surface area contributed by atoms with Gasteiger partial charge in [-0.3, -0.25) is 15.0 Å². The maximum atomic E-state index is 12.5. The molecule has 6 heteroatoms. The van der Waals surface area contributed by atoms with E-state index in [2.05, 4.69) is 5.43 Å². The molecule has 0 bridgehead atoms. The number of rotatable bonds is 3. The zero-order valence-electron chi connectivity index (χ0n) is 13.3. The molecule has 0 atom stereocenters. The van der Waals surface area contributed by atoms with Crippen molar-refractivity contribution in [2.24, 2.45) is 0 Å². The molecule has 2 amide bonds. The summed E-state index contributed by atoms with van der Waals surface area (Å²) in [7, 11) is 3.90. The molecule has 0 spiro atoms. The lowest BCUT2D eigenvalue weighted by molar-refractivity contribution is -0.117. The number of amides is 2. The fraction of sp³-hybridized carbons (Fsp3) is 0.111. The molecule has 1 aliphatic rings. The van der Waals surface area contributed by atoms with Gasteiger partial charge < -0.3 is 4.90 Å². The second kappa shape index (κ2) is 6.37. The Kier molecular flexibility index (Phi) is 4.27. The third kappa shape index (κ3) is 3.12. The van der Waals surface area contributed by atoms with Crippen LogP contribution in [-0.2, 0) is 9.59 Å². The van der Waals surface area contributed by atoms with Crippen LogP contribution in [-0.4, -0.2) is 25.9 Å². The van der Waals surface area contributed by atoms with Gasteiger partial charge in [0.2, 0.25) is 0 Å². The van der Waals surface area contributed by atoms with Crippen molar-refractivity contribution in [2.45, 2.75) is 0 Å². The zero-order chi connectivity index (χ0) is 17.3. The van der Waals surface area contributed by atoms with Gasteiger partial charge in [0.05, 0.1) is 5.69 Å². The second-order valence-corrected chi connectivity index (χ2v) is 6.04. The molecular formula is C18H16ClN3O2. The number of anilines is 2. The lowest BCUT2D eigenvalue weighted by atomic mass is 10.1. The fourth-order valence-corrected chi connectivity index (χ4v) is 2.57. The summed E-state index contributed by atoms with van der Waals surface area (Å²) >= 11 is 5.94. The van der Waals surface area contributed by atoms with E-state index in [1.54, 1.807) is 30.3 Å². The van der Waals surface area contributed by atoms with Crippen LogP contribution in [0.2, 0.25) is 5.02 Å². The monoisotopic (exact) mass is 341 g/mol. The Morgan fingerprint density at radius 1 is 1.08 bits per heavy atom. The predicted octanol–water partition coefficient (Wildman–Crippen LogP) is 2.87. The third-order valence-electron chi connectivity index (χ3n) is 3.68. The number of nitrogens with one attached hydrogen (secondary N) is 1. The van der Waals surface area contributed by atoms with Crippen molar-refractivity contribution in [1.82, 2.24) is 5.43 Å². The van der Waals surface area contributed by atoms with Gasteiger partial charge >= 0.3 is 0 Å². The highest BCUT2D eigenvalue weighted by atomic mass is 35.5. The molecule has 3 rings (SSSR count). The number of carbonyl (C=O) groups excluding carboxylic acids is 2. The number of halogens is 1. The van der Waals surface area contributed by atoms with Crippen LogP contribution in [0.5, 0.6) is 0 Å². The van der Waals surface area contributed by atoms with E-state index in [-0.39, 0.29) is 5.57 Å². The first-order valence-electron chi connectivity index (χ1n) is 7.36. The lowest BCUT2D eigenvalue weighted by Gasteiger charge is -2.14. The van der Waals surface area contributed by atoms with Gasteiger partial charge in [0, 0.05) is 24.8 Å². The summed E-state index contributed by atoms with van der Waals surface area (Å²) in [4.78, 5) is 26.7. The Labute approximate surface area is 145 Å². The fourth-order valence-electron chi connectivity index (χ4n) is 2.39. The van der Waals surface area contributed by atoms with Crippen molar-refractivity contribution < 1.29 is 9.59 Å². The Balaban J connectivity index is 1.88. The molecule has 1 aliphatic heterocycles. The van der Waals surface area contributed by atoms with E-state index in [1.165, 1.54) is 5.01 Å². The van der Waals surface area contributed by atoms with Crippen molar-refractivity contribution in [3.63, 3.8) is 0 Å². The second-order valence-electron chi connectivity index (χ2n) is 5.61. The quantitative estimate of drug-likeness (QED) is 0.690. The topological polar surface area (TPSA) is 52.7 Å². The highest BCUT2D eigenvalue weighted by molar-refractivity contribution is 6.33.